The number of fused-ring (bicyclic) bond motifs is 1. The molecule has 1 aromatic heterocycles. The lowest BCUT2D eigenvalue weighted by molar-refractivity contribution is -0.123. The average Bonchev–Trinajstić information content (AvgIpc) is 3.61. The predicted molar refractivity (Wildman–Crippen MR) is 184 cm³/mol. The summed E-state index contributed by atoms with van der Waals surface area (Å²) >= 11 is 0. The van der Waals surface area contributed by atoms with Gasteiger partial charge in [-0.15, -0.1) is 0 Å². The van der Waals surface area contributed by atoms with Crippen LogP contribution in [0.2, 0.25) is 0 Å². The first-order valence-corrected chi connectivity index (χ1v) is 16.2. The van der Waals surface area contributed by atoms with E-state index >= 15 is 0 Å². The summed E-state index contributed by atoms with van der Waals surface area (Å²) in [5.41, 5.74) is 5.24. The maximum absolute atomic E-state index is 13.7. The van der Waals surface area contributed by atoms with Gasteiger partial charge in [-0.05, 0) is 77.9 Å². The first kappa shape index (κ1) is 32.6. The van der Waals surface area contributed by atoms with Crippen LogP contribution in [-0.2, 0) is 30.8 Å². The van der Waals surface area contributed by atoms with Crippen LogP contribution in [0.1, 0.15) is 71.2 Å². The molecule has 1 unspecified atom stereocenters. The molecule has 0 aliphatic carbocycles. The Balaban J connectivity index is 1.21. The highest BCUT2D eigenvalue weighted by Gasteiger charge is 2.23. The van der Waals surface area contributed by atoms with Gasteiger partial charge in [0.05, 0.1) is 12.6 Å². The van der Waals surface area contributed by atoms with Gasteiger partial charge in [-0.2, -0.15) is 0 Å². The highest BCUT2D eigenvalue weighted by Crippen LogP contribution is 2.24. The van der Waals surface area contributed by atoms with Crippen molar-refractivity contribution in [3.63, 3.8) is 0 Å². The minimum absolute atomic E-state index is 0.191. The zero-order chi connectivity index (χ0) is 32.1. The van der Waals surface area contributed by atoms with Crippen molar-refractivity contribution in [3.8, 4) is 0 Å². The number of hydrogen-bond donors (Lipinski definition) is 5. The summed E-state index contributed by atoms with van der Waals surface area (Å²) < 4.78 is 0. The normalized spacial score (nSPS) is 12.5. The average molecular weight is 617 g/mol. The third kappa shape index (κ3) is 8.90. The van der Waals surface area contributed by atoms with Crippen LogP contribution in [0, 0.1) is 0 Å². The first-order chi connectivity index (χ1) is 22.5. The summed E-state index contributed by atoms with van der Waals surface area (Å²) in [6.45, 7) is 6.93. The van der Waals surface area contributed by atoms with Gasteiger partial charge < -0.3 is 26.3 Å². The standard InChI is InChI=1S/C38H44N6O2/c1-3-29-10-4-5-12-32(29)25-39-21-9-16-35(38(46)43-27(2)33-15-8-13-30-11-6-7-14-34(30)33)44-37(45)31-19-17-28(18-20-31)24-40-26-36-41-22-23-42-36/h4-8,10-15,17-20,22-23,27,35,39-40H,3,9,16,21,24-26H2,1-2H3,(H,41,42)(H,43,46)(H,44,45)/t27?,35-/m0/s1. The summed E-state index contributed by atoms with van der Waals surface area (Å²) in [5.74, 6) is 0.415. The van der Waals surface area contributed by atoms with Gasteiger partial charge in [0.1, 0.15) is 11.9 Å². The van der Waals surface area contributed by atoms with Crippen molar-refractivity contribution in [3.05, 3.63) is 137 Å². The van der Waals surface area contributed by atoms with Crippen LogP contribution in [0.25, 0.3) is 10.8 Å². The zero-order valence-electron chi connectivity index (χ0n) is 26.7. The number of hydrogen-bond acceptors (Lipinski definition) is 5. The van der Waals surface area contributed by atoms with E-state index in [0.29, 0.717) is 25.1 Å². The molecule has 8 heteroatoms. The van der Waals surface area contributed by atoms with Gasteiger partial charge in [-0.1, -0.05) is 85.8 Å². The van der Waals surface area contributed by atoms with Gasteiger partial charge in [0.15, 0.2) is 0 Å². The van der Waals surface area contributed by atoms with E-state index in [9.17, 15) is 9.59 Å². The topological polar surface area (TPSA) is 111 Å². The molecular weight excluding hydrogens is 572 g/mol. The Labute approximate surface area is 271 Å². The van der Waals surface area contributed by atoms with Crippen molar-refractivity contribution in [1.82, 2.24) is 31.2 Å². The Morgan fingerprint density at radius 3 is 2.35 bits per heavy atom. The van der Waals surface area contributed by atoms with Crippen LogP contribution in [0.3, 0.4) is 0 Å². The zero-order valence-corrected chi connectivity index (χ0v) is 26.7. The van der Waals surface area contributed by atoms with E-state index in [1.54, 1.807) is 24.5 Å². The number of carbonyl (C=O) groups excluding carboxylic acids is 2. The van der Waals surface area contributed by atoms with Crippen LogP contribution in [0.15, 0.2) is 103 Å². The van der Waals surface area contributed by atoms with Crippen molar-refractivity contribution >= 4 is 22.6 Å². The van der Waals surface area contributed by atoms with Gasteiger partial charge >= 0.3 is 0 Å². The summed E-state index contributed by atoms with van der Waals surface area (Å²) in [7, 11) is 0. The molecule has 2 atom stereocenters. The highest BCUT2D eigenvalue weighted by molar-refractivity contribution is 5.97. The molecular formula is C38H44N6O2. The second-order valence-electron chi connectivity index (χ2n) is 11.6. The van der Waals surface area contributed by atoms with E-state index < -0.39 is 6.04 Å². The number of aromatic nitrogens is 2. The first-order valence-electron chi connectivity index (χ1n) is 16.2. The molecule has 0 saturated heterocycles. The van der Waals surface area contributed by atoms with Crippen molar-refractivity contribution in [2.24, 2.45) is 0 Å². The molecule has 46 heavy (non-hydrogen) atoms. The Morgan fingerprint density at radius 1 is 0.804 bits per heavy atom. The number of H-pyrrole nitrogens is 1. The number of nitrogens with one attached hydrogen (secondary N) is 5. The quantitative estimate of drug-likeness (QED) is 0.0879. The Bertz CT molecular complexity index is 1700. The number of amides is 2. The lowest BCUT2D eigenvalue weighted by Gasteiger charge is -2.23. The van der Waals surface area contributed by atoms with Crippen molar-refractivity contribution in [2.45, 2.75) is 64.8 Å². The molecule has 238 valence electrons. The molecule has 0 saturated carbocycles. The Morgan fingerprint density at radius 2 is 1.57 bits per heavy atom. The number of imidazole rings is 1. The molecule has 0 radical (unpaired) electrons. The third-order valence-electron chi connectivity index (χ3n) is 8.32. The Hall–Kier alpha value is -4.79. The van der Waals surface area contributed by atoms with E-state index in [1.807, 2.05) is 43.3 Å². The number of nitrogens with zero attached hydrogens (tertiary/aromatic N) is 1. The van der Waals surface area contributed by atoms with E-state index in [4.69, 9.17) is 0 Å². The molecule has 0 spiro atoms. The molecule has 2 amide bonds. The summed E-state index contributed by atoms with van der Waals surface area (Å²) in [5, 5.41) is 15.3. The molecule has 8 nitrogen and oxygen atoms in total. The van der Waals surface area contributed by atoms with Gasteiger partial charge in [0.25, 0.3) is 5.91 Å². The predicted octanol–water partition coefficient (Wildman–Crippen LogP) is 5.96. The fourth-order valence-electron chi connectivity index (χ4n) is 5.75. The second-order valence-corrected chi connectivity index (χ2v) is 11.6. The molecule has 0 fully saturated rings. The van der Waals surface area contributed by atoms with Crippen LogP contribution >= 0.6 is 0 Å². The second kappa shape index (κ2) is 16.5. The van der Waals surface area contributed by atoms with Crippen molar-refractivity contribution < 1.29 is 9.59 Å². The van der Waals surface area contributed by atoms with Gasteiger partial charge in [0, 0.05) is 31.0 Å². The number of carbonyl (C=O) groups is 2. The molecule has 1 heterocycles. The van der Waals surface area contributed by atoms with E-state index in [2.05, 4.69) is 80.6 Å². The van der Waals surface area contributed by atoms with Gasteiger partial charge in [0.2, 0.25) is 5.91 Å². The molecule has 5 N–H and O–H groups in total. The highest BCUT2D eigenvalue weighted by atomic mass is 16.2. The Kier molecular flexibility index (Phi) is 11.7. The van der Waals surface area contributed by atoms with E-state index in [0.717, 1.165) is 53.7 Å². The molecule has 5 aromatic rings. The van der Waals surface area contributed by atoms with Crippen LogP contribution in [-0.4, -0.2) is 34.4 Å². The lowest BCUT2D eigenvalue weighted by Crippen LogP contribution is -2.47. The summed E-state index contributed by atoms with van der Waals surface area (Å²) in [4.78, 5) is 34.4. The molecule has 5 rings (SSSR count). The number of benzene rings is 4. The van der Waals surface area contributed by atoms with E-state index in [1.165, 1.54) is 11.1 Å². The van der Waals surface area contributed by atoms with Gasteiger partial charge in [-0.3, -0.25) is 9.59 Å². The maximum Gasteiger partial charge on any atom is 0.251 e. The molecule has 0 aliphatic rings. The van der Waals surface area contributed by atoms with Crippen LogP contribution in [0.4, 0.5) is 0 Å². The number of rotatable bonds is 16. The largest absolute Gasteiger partial charge is 0.348 e. The summed E-state index contributed by atoms with van der Waals surface area (Å²) in [6.07, 6.45) is 5.76. The van der Waals surface area contributed by atoms with Crippen molar-refractivity contribution in [2.75, 3.05) is 6.54 Å². The van der Waals surface area contributed by atoms with E-state index in [-0.39, 0.29) is 17.9 Å². The fourth-order valence-corrected chi connectivity index (χ4v) is 5.75. The molecule has 0 bridgehead atoms. The lowest BCUT2D eigenvalue weighted by atomic mass is 9.99. The minimum atomic E-state index is -0.677. The number of aromatic amines is 1. The van der Waals surface area contributed by atoms with Crippen molar-refractivity contribution in [1.29, 1.82) is 0 Å². The smallest absolute Gasteiger partial charge is 0.251 e. The van der Waals surface area contributed by atoms with Crippen LogP contribution in [0.5, 0.6) is 0 Å². The SMILES string of the molecule is CCc1ccccc1CNCCC[C@H](NC(=O)c1ccc(CNCc2ncc[nH]2)cc1)C(=O)NC(C)c1cccc2ccccc12. The summed E-state index contributed by atoms with van der Waals surface area (Å²) in [6, 6.07) is 29.3. The van der Waals surface area contributed by atoms with Crippen LogP contribution < -0.4 is 21.3 Å². The fraction of sp³-hybridized carbons (Fsp3) is 0.289. The van der Waals surface area contributed by atoms with Gasteiger partial charge in [-0.25, -0.2) is 4.98 Å². The monoisotopic (exact) mass is 616 g/mol. The third-order valence-corrected chi connectivity index (χ3v) is 8.32. The molecule has 0 aliphatic heterocycles. The maximum atomic E-state index is 13.7. The minimum Gasteiger partial charge on any atom is -0.348 e. The molecule has 4 aromatic carbocycles. The number of aryl methyl sites for hydroxylation is 1.